The van der Waals surface area contributed by atoms with Crippen molar-refractivity contribution < 1.29 is 18.7 Å². The molecule has 0 aliphatic heterocycles. The normalized spacial score (nSPS) is 10.4. The number of nitrogens with zero attached hydrogens (tertiary/aromatic N) is 2. The maximum atomic E-state index is 12.2. The molecule has 1 aromatic heterocycles. The monoisotopic (exact) mass is 367 g/mol. The van der Waals surface area contributed by atoms with Gasteiger partial charge in [-0.3, -0.25) is 10.1 Å². The van der Waals surface area contributed by atoms with Gasteiger partial charge in [0, 0.05) is 5.56 Å². The maximum Gasteiger partial charge on any atom is 0.322 e. The summed E-state index contributed by atoms with van der Waals surface area (Å²) in [4.78, 5) is 12.2. The molecule has 0 fully saturated rings. The van der Waals surface area contributed by atoms with Gasteiger partial charge in [0.25, 0.3) is 0 Å². The number of aromatic nitrogens is 2. The van der Waals surface area contributed by atoms with Crippen molar-refractivity contribution in [2.24, 2.45) is 0 Å². The van der Waals surface area contributed by atoms with Crippen LogP contribution in [0.1, 0.15) is 19.4 Å². The zero-order chi connectivity index (χ0) is 19.1. The van der Waals surface area contributed by atoms with E-state index >= 15 is 0 Å². The third-order valence-corrected chi connectivity index (χ3v) is 3.68. The Kier molecular flexibility index (Phi) is 6.04. The number of benzene rings is 2. The van der Waals surface area contributed by atoms with E-state index in [4.69, 9.17) is 13.9 Å². The second-order valence-corrected chi connectivity index (χ2v) is 5.67. The summed E-state index contributed by atoms with van der Waals surface area (Å²) >= 11 is 0. The molecular weight excluding hydrogens is 346 g/mol. The third-order valence-electron chi connectivity index (χ3n) is 3.68. The molecule has 0 saturated carbocycles. The van der Waals surface area contributed by atoms with Gasteiger partial charge in [-0.15, -0.1) is 5.10 Å². The fraction of sp³-hybridized carbons (Fsp3) is 0.250. The van der Waals surface area contributed by atoms with Gasteiger partial charge in [-0.05, 0) is 55.8 Å². The summed E-state index contributed by atoms with van der Waals surface area (Å²) in [7, 11) is 0. The van der Waals surface area contributed by atoms with E-state index in [0.717, 1.165) is 22.6 Å². The minimum atomic E-state index is -0.235. The second kappa shape index (κ2) is 8.84. The zero-order valence-corrected chi connectivity index (χ0v) is 15.3. The van der Waals surface area contributed by atoms with Gasteiger partial charge in [0.05, 0.1) is 19.6 Å². The summed E-state index contributed by atoms with van der Waals surface area (Å²) < 4.78 is 16.3. The Hall–Kier alpha value is -3.35. The largest absolute Gasteiger partial charge is 0.494 e. The highest BCUT2D eigenvalue weighted by Crippen LogP contribution is 2.22. The van der Waals surface area contributed by atoms with E-state index in [1.54, 1.807) is 0 Å². The molecule has 0 bridgehead atoms. The van der Waals surface area contributed by atoms with Gasteiger partial charge in [-0.1, -0.05) is 17.2 Å². The first-order valence-electron chi connectivity index (χ1n) is 8.76. The minimum absolute atomic E-state index is 0.0646. The highest BCUT2D eigenvalue weighted by atomic mass is 16.5. The molecule has 1 amide bonds. The highest BCUT2D eigenvalue weighted by Gasteiger charge is 2.12. The van der Waals surface area contributed by atoms with Gasteiger partial charge in [0.2, 0.25) is 11.8 Å². The van der Waals surface area contributed by atoms with Crippen LogP contribution in [0.2, 0.25) is 0 Å². The topological polar surface area (TPSA) is 86.5 Å². The van der Waals surface area contributed by atoms with E-state index in [0.29, 0.717) is 19.1 Å². The highest BCUT2D eigenvalue weighted by molar-refractivity contribution is 5.90. The van der Waals surface area contributed by atoms with Crippen molar-refractivity contribution in [1.29, 1.82) is 0 Å². The Morgan fingerprint density at radius 3 is 2.11 bits per heavy atom. The van der Waals surface area contributed by atoms with Crippen LogP contribution in [-0.2, 0) is 11.2 Å². The first-order chi connectivity index (χ1) is 13.2. The van der Waals surface area contributed by atoms with Crippen LogP contribution in [0.4, 0.5) is 6.01 Å². The Morgan fingerprint density at radius 1 is 0.926 bits per heavy atom. The van der Waals surface area contributed by atoms with Crippen LogP contribution in [0.5, 0.6) is 11.5 Å². The number of carbonyl (C=O) groups excluding carboxylic acids is 1. The first kappa shape index (κ1) is 18.4. The molecule has 0 atom stereocenters. The maximum absolute atomic E-state index is 12.2. The minimum Gasteiger partial charge on any atom is -0.494 e. The van der Waals surface area contributed by atoms with Gasteiger partial charge in [0.15, 0.2) is 0 Å². The van der Waals surface area contributed by atoms with Crippen molar-refractivity contribution >= 4 is 11.9 Å². The predicted octanol–water partition coefficient (Wildman–Crippen LogP) is 3.72. The van der Waals surface area contributed by atoms with E-state index in [-0.39, 0.29) is 18.3 Å². The zero-order valence-electron chi connectivity index (χ0n) is 15.3. The second-order valence-electron chi connectivity index (χ2n) is 5.67. The molecule has 0 spiro atoms. The van der Waals surface area contributed by atoms with Gasteiger partial charge in [-0.25, -0.2) is 0 Å². The number of nitrogens with one attached hydrogen (secondary N) is 1. The van der Waals surface area contributed by atoms with E-state index < -0.39 is 0 Å². The summed E-state index contributed by atoms with van der Waals surface area (Å²) in [6.07, 6.45) is 0.202. The number of amides is 1. The lowest BCUT2D eigenvalue weighted by Gasteiger charge is -2.04. The molecule has 1 N–H and O–H groups in total. The van der Waals surface area contributed by atoms with E-state index in [9.17, 15) is 4.79 Å². The third kappa shape index (κ3) is 5.07. The van der Waals surface area contributed by atoms with Crippen LogP contribution in [-0.4, -0.2) is 29.3 Å². The van der Waals surface area contributed by atoms with Crippen molar-refractivity contribution in [2.45, 2.75) is 20.3 Å². The molecular formula is C20H21N3O4. The molecule has 3 aromatic rings. The number of rotatable bonds is 8. The lowest BCUT2D eigenvalue weighted by molar-refractivity contribution is -0.115. The van der Waals surface area contributed by atoms with Crippen molar-refractivity contribution in [3.63, 3.8) is 0 Å². The number of ether oxygens (including phenoxy) is 2. The summed E-state index contributed by atoms with van der Waals surface area (Å²) in [5, 5.41) is 10.5. The molecule has 3 rings (SSSR count). The predicted molar refractivity (Wildman–Crippen MR) is 101 cm³/mol. The van der Waals surface area contributed by atoms with Crippen LogP contribution in [0.3, 0.4) is 0 Å². The van der Waals surface area contributed by atoms with Crippen LogP contribution in [0, 0.1) is 0 Å². The summed E-state index contributed by atoms with van der Waals surface area (Å²) in [6, 6.07) is 14.7. The molecule has 7 nitrogen and oxygen atoms in total. The number of hydrogen-bond acceptors (Lipinski definition) is 6. The Morgan fingerprint density at radius 2 is 1.52 bits per heavy atom. The molecule has 0 saturated heterocycles. The molecule has 0 aliphatic carbocycles. The molecule has 27 heavy (non-hydrogen) atoms. The number of carbonyl (C=O) groups is 1. The van der Waals surface area contributed by atoms with Crippen molar-refractivity contribution in [3.8, 4) is 23.0 Å². The van der Waals surface area contributed by atoms with Crippen molar-refractivity contribution in [1.82, 2.24) is 10.2 Å². The Balaban J connectivity index is 1.58. The first-order valence-corrected chi connectivity index (χ1v) is 8.76. The van der Waals surface area contributed by atoms with Crippen molar-refractivity contribution in [3.05, 3.63) is 54.1 Å². The lowest BCUT2D eigenvalue weighted by atomic mass is 10.1. The van der Waals surface area contributed by atoms with Crippen LogP contribution < -0.4 is 14.8 Å². The summed E-state index contributed by atoms with van der Waals surface area (Å²) in [5.41, 5.74) is 1.61. The van der Waals surface area contributed by atoms with Crippen LogP contribution in [0.25, 0.3) is 11.5 Å². The average Bonchev–Trinajstić information content (AvgIpc) is 3.13. The standard InChI is InChI=1S/C20H21N3O4/c1-3-25-16-9-5-14(6-10-16)13-18(24)21-20-23-22-19(27-20)15-7-11-17(12-8-15)26-4-2/h5-12H,3-4,13H2,1-2H3,(H,21,23,24). The summed E-state index contributed by atoms with van der Waals surface area (Å²) in [6.45, 7) is 5.06. The van der Waals surface area contributed by atoms with E-state index in [1.807, 2.05) is 62.4 Å². The van der Waals surface area contributed by atoms with Crippen LogP contribution >= 0.6 is 0 Å². The fourth-order valence-corrected chi connectivity index (χ4v) is 2.47. The molecule has 140 valence electrons. The summed E-state index contributed by atoms with van der Waals surface area (Å²) in [5.74, 6) is 1.64. The molecule has 2 aromatic carbocycles. The van der Waals surface area contributed by atoms with Gasteiger partial charge in [-0.2, -0.15) is 0 Å². The molecule has 0 aliphatic rings. The number of anilines is 1. The number of hydrogen-bond donors (Lipinski definition) is 1. The van der Waals surface area contributed by atoms with E-state index in [2.05, 4.69) is 15.5 Å². The average molecular weight is 367 g/mol. The van der Waals surface area contributed by atoms with Crippen molar-refractivity contribution in [2.75, 3.05) is 18.5 Å². The van der Waals surface area contributed by atoms with Gasteiger partial charge >= 0.3 is 6.01 Å². The quantitative estimate of drug-likeness (QED) is 0.653. The lowest BCUT2D eigenvalue weighted by Crippen LogP contribution is -2.14. The van der Waals surface area contributed by atoms with Gasteiger partial charge in [0.1, 0.15) is 11.5 Å². The molecule has 0 radical (unpaired) electrons. The fourth-order valence-electron chi connectivity index (χ4n) is 2.47. The van der Waals surface area contributed by atoms with Crippen LogP contribution in [0.15, 0.2) is 52.9 Å². The molecule has 1 heterocycles. The van der Waals surface area contributed by atoms with Gasteiger partial charge < -0.3 is 13.9 Å². The molecule has 7 heteroatoms. The van der Waals surface area contributed by atoms with E-state index in [1.165, 1.54) is 0 Å². The Bertz CT molecular complexity index is 873. The Labute approximate surface area is 157 Å². The molecule has 0 unspecified atom stereocenters. The SMILES string of the molecule is CCOc1ccc(CC(=O)Nc2nnc(-c3ccc(OCC)cc3)o2)cc1. The smallest absolute Gasteiger partial charge is 0.322 e.